The van der Waals surface area contributed by atoms with Gasteiger partial charge in [-0.25, -0.2) is 4.39 Å². The molecule has 0 bridgehead atoms. The molecule has 0 unspecified atom stereocenters. The van der Waals surface area contributed by atoms with E-state index in [1.165, 1.54) is 31.3 Å². The third-order valence-electron chi connectivity index (χ3n) is 6.44. The molecule has 196 valence electrons. The van der Waals surface area contributed by atoms with E-state index in [-0.39, 0.29) is 32.0 Å². The van der Waals surface area contributed by atoms with Gasteiger partial charge in [-0.3, -0.25) is 4.79 Å². The molecule has 2 aromatic carbocycles. The minimum Gasteiger partial charge on any atom is -0.371 e. The maximum Gasteiger partial charge on any atom is 0.416 e. The van der Waals surface area contributed by atoms with E-state index in [9.17, 15) is 22.4 Å². The van der Waals surface area contributed by atoms with Crippen molar-refractivity contribution in [3.63, 3.8) is 0 Å². The van der Waals surface area contributed by atoms with Gasteiger partial charge in [0.2, 0.25) is 0 Å². The number of benzene rings is 2. The van der Waals surface area contributed by atoms with E-state index in [4.69, 9.17) is 18.9 Å². The maximum atomic E-state index is 13.7. The Morgan fingerprint density at radius 3 is 2.42 bits per heavy atom. The van der Waals surface area contributed by atoms with Crippen LogP contribution in [0.5, 0.6) is 0 Å². The van der Waals surface area contributed by atoms with Gasteiger partial charge >= 0.3 is 6.18 Å². The monoisotopic (exact) mass is 511 g/mol. The van der Waals surface area contributed by atoms with Gasteiger partial charge in [-0.15, -0.1) is 0 Å². The first-order valence-electron chi connectivity index (χ1n) is 11.6. The van der Waals surface area contributed by atoms with Crippen molar-refractivity contribution < 1.29 is 41.3 Å². The molecule has 0 aromatic heterocycles. The van der Waals surface area contributed by atoms with Crippen molar-refractivity contribution in [1.29, 1.82) is 0 Å². The Morgan fingerprint density at radius 1 is 1.06 bits per heavy atom. The van der Waals surface area contributed by atoms with Gasteiger partial charge in [0, 0.05) is 19.9 Å². The van der Waals surface area contributed by atoms with E-state index in [0.717, 1.165) is 12.1 Å². The Bertz CT molecular complexity index is 1070. The van der Waals surface area contributed by atoms with Crippen LogP contribution < -0.4 is 5.32 Å². The lowest BCUT2D eigenvalue weighted by Gasteiger charge is -2.43. The summed E-state index contributed by atoms with van der Waals surface area (Å²) in [6.07, 6.45) is -5.82. The van der Waals surface area contributed by atoms with Gasteiger partial charge < -0.3 is 24.3 Å². The van der Waals surface area contributed by atoms with Crippen molar-refractivity contribution in [2.75, 3.05) is 7.05 Å². The van der Waals surface area contributed by atoms with Crippen LogP contribution in [0.3, 0.4) is 0 Å². The summed E-state index contributed by atoms with van der Waals surface area (Å²) in [5, 5.41) is 2.64. The highest BCUT2D eigenvalue weighted by Gasteiger charge is 2.57. The Morgan fingerprint density at radius 2 is 1.78 bits per heavy atom. The van der Waals surface area contributed by atoms with Crippen LogP contribution in [0.15, 0.2) is 48.5 Å². The predicted octanol–water partition coefficient (Wildman–Crippen LogP) is 4.75. The second-order valence-corrected chi connectivity index (χ2v) is 9.58. The number of likely N-dealkylation sites (N-methyl/N-ethyl adjacent to an activating group) is 1. The molecule has 0 radical (unpaired) electrons. The summed E-state index contributed by atoms with van der Waals surface area (Å²) in [5.41, 5.74) is -1.000. The van der Waals surface area contributed by atoms with Crippen molar-refractivity contribution in [2.45, 2.75) is 75.8 Å². The molecule has 4 rings (SSSR count). The van der Waals surface area contributed by atoms with E-state index in [2.05, 4.69) is 5.32 Å². The Hall–Kier alpha value is -2.53. The van der Waals surface area contributed by atoms with E-state index in [1.807, 2.05) is 0 Å². The van der Waals surface area contributed by atoms with Crippen molar-refractivity contribution >= 4 is 5.91 Å². The number of alkyl halides is 3. The zero-order valence-electron chi connectivity index (χ0n) is 20.2. The third-order valence-corrected chi connectivity index (χ3v) is 6.44. The van der Waals surface area contributed by atoms with Gasteiger partial charge in [-0.1, -0.05) is 24.3 Å². The maximum absolute atomic E-state index is 13.7. The van der Waals surface area contributed by atoms with Gasteiger partial charge in [0.05, 0.1) is 31.0 Å². The molecule has 1 amide bonds. The topological polar surface area (TPSA) is 66.0 Å². The number of ether oxygens (including phenoxy) is 4. The molecule has 10 heteroatoms. The van der Waals surface area contributed by atoms with Crippen molar-refractivity contribution in [3.05, 3.63) is 71.0 Å². The Balaban J connectivity index is 1.55. The number of carbonyl (C=O) groups excluding carboxylic acids is 1. The van der Waals surface area contributed by atoms with Crippen LogP contribution in [0, 0.1) is 5.82 Å². The summed E-state index contributed by atoms with van der Waals surface area (Å²) in [6, 6.07) is 10.6. The summed E-state index contributed by atoms with van der Waals surface area (Å²) in [6.45, 7) is 3.50. The molecule has 1 saturated carbocycles. The first kappa shape index (κ1) is 26.5. The smallest absolute Gasteiger partial charge is 0.371 e. The molecule has 2 aliphatic rings. The minimum absolute atomic E-state index is 0.00350. The van der Waals surface area contributed by atoms with E-state index in [1.54, 1.807) is 26.0 Å². The number of hydrogen-bond acceptors (Lipinski definition) is 5. The lowest BCUT2D eigenvalue weighted by molar-refractivity contribution is -0.183. The van der Waals surface area contributed by atoms with Crippen molar-refractivity contribution in [2.24, 2.45) is 0 Å². The predicted molar refractivity (Wildman–Crippen MR) is 121 cm³/mol. The van der Waals surface area contributed by atoms with Crippen LogP contribution in [-0.4, -0.2) is 42.7 Å². The van der Waals surface area contributed by atoms with E-state index < -0.39 is 47.3 Å². The molecule has 0 spiro atoms. The number of rotatable bonds is 7. The van der Waals surface area contributed by atoms with Crippen molar-refractivity contribution in [3.8, 4) is 0 Å². The summed E-state index contributed by atoms with van der Waals surface area (Å²) in [4.78, 5) is 13.1. The lowest BCUT2D eigenvalue weighted by atomic mass is 9.78. The average Bonchev–Trinajstić information content (AvgIpc) is 3.14. The highest BCUT2D eigenvalue weighted by atomic mass is 19.4. The summed E-state index contributed by atoms with van der Waals surface area (Å²) in [5.74, 6) is -1.72. The normalized spacial score (nSPS) is 27.5. The number of carbonyl (C=O) groups is 1. The van der Waals surface area contributed by atoms with Crippen LogP contribution in [0.1, 0.15) is 43.4 Å². The summed E-state index contributed by atoms with van der Waals surface area (Å²) >= 11 is 0. The fourth-order valence-electron chi connectivity index (χ4n) is 4.78. The number of nitrogens with one attached hydrogen (secondary N) is 1. The molecule has 1 heterocycles. The number of fused-ring (bicyclic) bond motifs is 1. The molecule has 1 aliphatic carbocycles. The molecule has 1 saturated heterocycles. The highest BCUT2D eigenvalue weighted by molar-refractivity contribution is 5.85. The van der Waals surface area contributed by atoms with E-state index in [0.29, 0.717) is 11.1 Å². The summed E-state index contributed by atoms with van der Waals surface area (Å²) < 4.78 is 76.8. The standard InChI is InChI=1S/C26H29F4NO5/c1-24(2)35-21-13-25(23(32)31-3,34-15-17-5-4-6-19(27)11-17)12-20(22(21)36-24)33-14-16-7-9-18(10-8-16)26(28,29)30/h4-11,20-22H,12-15H2,1-3H3,(H,31,32)/t20-,21+,22-,25+/m0/s1. The van der Waals surface area contributed by atoms with Crippen molar-refractivity contribution in [1.82, 2.24) is 5.32 Å². The zero-order chi connectivity index (χ0) is 26.1. The largest absolute Gasteiger partial charge is 0.416 e. The molecule has 6 nitrogen and oxygen atoms in total. The Labute approximate surface area is 206 Å². The van der Waals surface area contributed by atoms with Gasteiger partial charge in [0.25, 0.3) is 5.91 Å². The van der Waals surface area contributed by atoms with Crippen LogP contribution >= 0.6 is 0 Å². The summed E-state index contributed by atoms with van der Waals surface area (Å²) in [7, 11) is 1.50. The molecular weight excluding hydrogens is 482 g/mol. The molecule has 2 aromatic rings. The van der Waals surface area contributed by atoms with Crippen LogP contribution in [-0.2, 0) is 43.1 Å². The van der Waals surface area contributed by atoms with Gasteiger partial charge in [-0.05, 0) is 49.2 Å². The van der Waals surface area contributed by atoms with Gasteiger partial charge in [0.15, 0.2) is 11.4 Å². The van der Waals surface area contributed by atoms with Crippen LogP contribution in [0.2, 0.25) is 0 Å². The fourth-order valence-corrected chi connectivity index (χ4v) is 4.78. The molecule has 1 N–H and O–H groups in total. The molecule has 2 fully saturated rings. The quantitative estimate of drug-likeness (QED) is 0.544. The average molecular weight is 512 g/mol. The number of amides is 1. The molecular formula is C26H29F4NO5. The number of halogens is 4. The van der Waals surface area contributed by atoms with Crippen LogP contribution in [0.25, 0.3) is 0 Å². The van der Waals surface area contributed by atoms with Gasteiger partial charge in [0.1, 0.15) is 11.9 Å². The molecule has 36 heavy (non-hydrogen) atoms. The highest BCUT2D eigenvalue weighted by Crippen LogP contribution is 2.44. The van der Waals surface area contributed by atoms with E-state index >= 15 is 0 Å². The first-order valence-corrected chi connectivity index (χ1v) is 11.6. The molecule has 1 aliphatic heterocycles. The lowest BCUT2D eigenvalue weighted by Crippen LogP contribution is -2.59. The SMILES string of the molecule is CNC(=O)[C@@]1(OCc2cccc(F)c2)C[C@H](OCc2ccc(C(F)(F)F)cc2)[C@@H]2OC(C)(C)O[C@@H]2C1. The fraction of sp³-hybridized carbons (Fsp3) is 0.500. The minimum atomic E-state index is -4.43. The third kappa shape index (κ3) is 5.88. The zero-order valence-corrected chi connectivity index (χ0v) is 20.2. The van der Waals surface area contributed by atoms with Gasteiger partial charge in [-0.2, -0.15) is 13.2 Å². The molecule has 4 atom stereocenters. The number of hydrogen-bond donors (Lipinski definition) is 1. The second kappa shape index (κ2) is 10.1. The van der Waals surface area contributed by atoms with Crippen LogP contribution in [0.4, 0.5) is 17.6 Å². The second-order valence-electron chi connectivity index (χ2n) is 9.58. The Kier molecular flexibility index (Phi) is 7.43. The first-order chi connectivity index (χ1) is 16.9.